The van der Waals surface area contributed by atoms with Gasteiger partial charge in [-0.2, -0.15) is 0 Å². The highest BCUT2D eigenvalue weighted by Gasteiger charge is 2.32. The summed E-state index contributed by atoms with van der Waals surface area (Å²) in [6, 6.07) is 9.66. The number of hydrogen-bond acceptors (Lipinski definition) is 11. The van der Waals surface area contributed by atoms with Crippen LogP contribution in [0.4, 0.5) is 15.3 Å². The molecule has 60 heavy (non-hydrogen) atoms. The van der Waals surface area contributed by atoms with Crippen LogP contribution in [0.15, 0.2) is 36.5 Å². The number of ether oxygens (including phenoxy) is 4. The molecule has 5 amide bonds. The topological polar surface area (TPSA) is 177 Å². The largest absolute Gasteiger partial charge is 0.465 e. The molecule has 1 N–H and O–H groups in total. The molecule has 2 fully saturated rings. The molecule has 1 unspecified atom stereocenters. The SMILES string of the molecule is CCOC(=O)CN(CCOC1CCN(C(=O)c2ncc(-c3cccc(CC)c3)cc2NC(=O)CN(CC2CCN(C)C(=O)C2)C(=O)OC(C)(C)C)CC1)C(=O)OC(C)(C)C. The number of anilines is 1. The quantitative estimate of drug-likeness (QED) is 0.170. The number of esters is 1. The third kappa shape index (κ3) is 14.8. The summed E-state index contributed by atoms with van der Waals surface area (Å²) in [7, 11) is 1.74. The Hall–Kier alpha value is -5.25. The van der Waals surface area contributed by atoms with Gasteiger partial charge in [0.25, 0.3) is 5.91 Å². The molecular weight excluding hydrogens is 773 g/mol. The van der Waals surface area contributed by atoms with Crippen LogP contribution >= 0.6 is 0 Å². The van der Waals surface area contributed by atoms with Crippen molar-refractivity contribution >= 4 is 41.6 Å². The Labute approximate surface area is 354 Å². The van der Waals surface area contributed by atoms with Crippen LogP contribution in [0.5, 0.6) is 0 Å². The lowest BCUT2D eigenvalue weighted by atomic mass is 9.96. The van der Waals surface area contributed by atoms with E-state index in [1.54, 1.807) is 77.6 Å². The van der Waals surface area contributed by atoms with Gasteiger partial charge in [-0.05, 0) is 97.3 Å². The third-order valence-electron chi connectivity index (χ3n) is 9.98. The molecule has 16 heteroatoms. The van der Waals surface area contributed by atoms with Crippen LogP contribution < -0.4 is 5.32 Å². The van der Waals surface area contributed by atoms with E-state index in [-0.39, 0.29) is 81.0 Å². The van der Waals surface area contributed by atoms with E-state index in [9.17, 15) is 28.8 Å². The Morgan fingerprint density at radius 2 is 1.53 bits per heavy atom. The number of amides is 5. The fourth-order valence-corrected chi connectivity index (χ4v) is 6.85. The zero-order chi connectivity index (χ0) is 44.2. The first kappa shape index (κ1) is 47.4. The van der Waals surface area contributed by atoms with E-state index in [1.807, 2.05) is 24.3 Å². The molecule has 0 saturated carbocycles. The van der Waals surface area contributed by atoms with Gasteiger partial charge in [-0.3, -0.25) is 29.0 Å². The number of aryl methyl sites for hydroxylation is 1. The maximum atomic E-state index is 14.2. The number of carbonyl (C=O) groups is 6. The Balaban J connectivity index is 1.48. The Morgan fingerprint density at radius 1 is 0.867 bits per heavy atom. The van der Waals surface area contributed by atoms with Gasteiger partial charge in [0.2, 0.25) is 11.8 Å². The number of aromatic nitrogens is 1. The van der Waals surface area contributed by atoms with Crippen molar-refractivity contribution in [2.24, 2.45) is 5.92 Å². The second-order valence-electron chi connectivity index (χ2n) is 17.3. The van der Waals surface area contributed by atoms with Crippen LogP contribution in [-0.2, 0) is 39.8 Å². The second-order valence-corrected chi connectivity index (χ2v) is 17.3. The van der Waals surface area contributed by atoms with Crippen molar-refractivity contribution in [3.05, 3.63) is 47.8 Å². The van der Waals surface area contributed by atoms with Gasteiger partial charge in [-0.15, -0.1) is 0 Å². The molecule has 1 atom stereocenters. The molecule has 16 nitrogen and oxygen atoms in total. The van der Waals surface area contributed by atoms with Gasteiger partial charge in [0.05, 0.1) is 25.0 Å². The minimum Gasteiger partial charge on any atom is -0.465 e. The van der Waals surface area contributed by atoms with Crippen LogP contribution in [0, 0.1) is 5.92 Å². The molecule has 2 aromatic rings. The molecular formula is C44H64N6O10. The fourth-order valence-electron chi connectivity index (χ4n) is 6.85. The Kier molecular flexibility index (Phi) is 16.9. The number of benzene rings is 1. The van der Waals surface area contributed by atoms with Crippen molar-refractivity contribution in [3.8, 4) is 11.1 Å². The van der Waals surface area contributed by atoms with Gasteiger partial charge in [-0.25, -0.2) is 14.6 Å². The summed E-state index contributed by atoms with van der Waals surface area (Å²) >= 11 is 0. The number of hydrogen-bond donors (Lipinski definition) is 1. The van der Waals surface area contributed by atoms with Crippen LogP contribution in [0.25, 0.3) is 11.1 Å². The molecule has 2 aliphatic heterocycles. The van der Waals surface area contributed by atoms with Gasteiger partial charge in [-0.1, -0.05) is 31.2 Å². The Morgan fingerprint density at radius 3 is 2.15 bits per heavy atom. The van der Waals surface area contributed by atoms with Crippen LogP contribution in [0.2, 0.25) is 0 Å². The Bertz CT molecular complexity index is 1830. The average Bonchev–Trinajstić information content (AvgIpc) is 3.17. The standard InChI is InChI=1S/C44H64N6O10/c1-10-30-13-12-14-32(23-30)33-25-35(46-36(51)28-50(42(56)60-44(6,7)8)27-31-15-18-47(9)37(52)24-31)39(45-26-33)40(54)48-19-16-34(17-20-48)58-22-21-49(29-38(53)57-11-2)41(55)59-43(3,4)5/h12-14,23,25-26,31,34H,10-11,15-22,24,27-29H2,1-9H3,(H,46,51). The summed E-state index contributed by atoms with van der Waals surface area (Å²) < 4.78 is 22.3. The highest BCUT2D eigenvalue weighted by atomic mass is 16.6. The molecule has 4 rings (SSSR count). The highest BCUT2D eigenvalue weighted by Crippen LogP contribution is 2.28. The number of likely N-dealkylation sites (tertiary alicyclic amines) is 2. The fraction of sp³-hybridized carbons (Fsp3) is 0.614. The monoisotopic (exact) mass is 836 g/mol. The zero-order valence-electron chi connectivity index (χ0n) is 36.8. The maximum Gasteiger partial charge on any atom is 0.410 e. The van der Waals surface area contributed by atoms with Crippen LogP contribution in [-0.4, -0.2) is 144 Å². The van der Waals surface area contributed by atoms with Crippen molar-refractivity contribution in [2.45, 2.75) is 105 Å². The summed E-state index contributed by atoms with van der Waals surface area (Å²) in [5, 5.41) is 2.89. The summed E-state index contributed by atoms with van der Waals surface area (Å²) in [5.74, 6) is -1.65. The molecule has 1 aromatic heterocycles. The number of nitrogens with zero attached hydrogens (tertiary/aromatic N) is 5. The minimum absolute atomic E-state index is 0.0236. The molecule has 0 radical (unpaired) electrons. The minimum atomic E-state index is -0.817. The molecule has 2 saturated heterocycles. The van der Waals surface area contributed by atoms with Crippen LogP contribution in [0.3, 0.4) is 0 Å². The maximum absolute atomic E-state index is 14.2. The number of piperidine rings is 2. The lowest BCUT2D eigenvalue weighted by Gasteiger charge is -2.33. The van der Waals surface area contributed by atoms with E-state index >= 15 is 0 Å². The van der Waals surface area contributed by atoms with Crippen molar-refractivity contribution in [2.75, 3.05) is 71.4 Å². The number of rotatable bonds is 15. The number of pyridine rings is 1. The van der Waals surface area contributed by atoms with E-state index in [1.165, 1.54) is 9.80 Å². The first-order valence-electron chi connectivity index (χ1n) is 20.9. The molecule has 330 valence electrons. The van der Waals surface area contributed by atoms with Crippen LogP contribution in [0.1, 0.15) is 97.1 Å². The summed E-state index contributed by atoms with van der Waals surface area (Å²) in [5.41, 5.74) is 1.35. The van der Waals surface area contributed by atoms with Crippen molar-refractivity contribution < 1.29 is 47.7 Å². The number of carbonyl (C=O) groups excluding carboxylic acids is 6. The predicted octanol–water partition coefficient (Wildman–Crippen LogP) is 5.78. The highest BCUT2D eigenvalue weighted by molar-refractivity contribution is 6.04. The van der Waals surface area contributed by atoms with E-state index in [2.05, 4.69) is 17.2 Å². The van der Waals surface area contributed by atoms with E-state index in [0.29, 0.717) is 44.5 Å². The second kappa shape index (κ2) is 21.3. The van der Waals surface area contributed by atoms with Gasteiger partial charge in [0, 0.05) is 58.0 Å². The molecule has 0 aliphatic carbocycles. The van der Waals surface area contributed by atoms with Gasteiger partial charge < -0.3 is 34.1 Å². The number of nitrogens with one attached hydrogen (secondary N) is 1. The first-order chi connectivity index (χ1) is 28.2. The third-order valence-corrected chi connectivity index (χ3v) is 9.98. The molecule has 1 aromatic carbocycles. The van der Waals surface area contributed by atoms with Gasteiger partial charge in [0.15, 0.2) is 5.69 Å². The van der Waals surface area contributed by atoms with E-state index < -0.39 is 35.3 Å². The molecule has 0 spiro atoms. The normalized spacial score (nSPS) is 16.2. The summed E-state index contributed by atoms with van der Waals surface area (Å²) in [6.45, 7) is 15.4. The summed E-state index contributed by atoms with van der Waals surface area (Å²) in [6.07, 6.45) is 2.83. The zero-order valence-corrected chi connectivity index (χ0v) is 36.8. The van der Waals surface area contributed by atoms with E-state index in [4.69, 9.17) is 18.9 Å². The predicted molar refractivity (Wildman–Crippen MR) is 225 cm³/mol. The molecule has 3 heterocycles. The van der Waals surface area contributed by atoms with Crippen molar-refractivity contribution in [1.82, 2.24) is 24.6 Å². The summed E-state index contributed by atoms with van der Waals surface area (Å²) in [4.78, 5) is 89.5. The molecule has 2 aliphatic rings. The molecule has 0 bridgehead atoms. The van der Waals surface area contributed by atoms with Gasteiger partial charge in [0.1, 0.15) is 24.3 Å². The average molecular weight is 837 g/mol. The van der Waals surface area contributed by atoms with Crippen molar-refractivity contribution in [3.63, 3.8) is 0 Å². The van der Waals surface area contributed by atoms with Gasteiger partial charge >= 0.3 is 18.2 Å². The lowest BCUT2D eigenvalue weighted by molar-refractivity contribution is -0.144. The van der Waals surface area contributed by atoms with Crippen molar-refractivity contribution in [1.29, 1.82) is 0 Å². The van der Waals surface area contributed by atoms with E-state index in [0.717, 1.165) is 17.5 Å². The smallest absolute Gasteiger partial charge is 0.410 e. The lowest BCUT2D eigenvalue weighted by Crippen LogP contribution is -2.46. The first-order valence-corrected chi connectivity index (χ1v) is 20.9.